The highest BCUT2D eigenvalue weighted by Gasteiger charge is 2.39. The number of hydrogen-bond acceptors (Lipinski definition) is 3. The molecule has 0 amide bonds. The second kappa shape index (κ2) is 4.16. The summed E-state index contributed by atoms with van der Waals surface area (Å²) in [4.78, 5) is 0. The molecule has 1 fully saturated rings. The summed E-state index contributed by atoms with van der Waals surface area (Å²) in [6.45, 7) is 3.84. The van der Waals surface area contributed by atoms with Crippen LogP contribution in [0.15, 0.2) is 0 Å². The van der Waals surface area contributed by atoms with Gasteiger partial charge in [0.2, 0.25) is 10.0 Å². The summed E-state index contributed by atoms with van der Waals surface area (Å²) in [7, 11) is -3.22. The van der Waals surface area contributed by atoms with Gasteiger partial charge in [-0.3, -0.25) is 0 Å². The second-order valence-corrected chi connectivity index (χ2v) is 6.28. The summed E-state index contributed by atoms with van der Waals surface area (Å²) in [5.41, 5.74) is 5.19. The van der Waals surface area contributed by atoms with E-state index in [-0.39, 0.29) is 12.1 Å². The molecule has 1 unspecified atom stereocenters. The molecule has 0 radical (unpaired) electrons. The first-order valence-corrected chi connectivity index (χ1v) is 6.73. The van der Waals surface area contributed by atoms with E-state index >= 15 is 0 Å². The standard InChI is InChI=1S/C9H20N2O2S/c1-3-9(5-4-6-9)11-14(12,13)8(2)7-10/h8,11H,3-7,10H2,1-2H3. The zero-order valence-corrected chi connectivity index (χ0v) is 9.73. The van der Waals surface area contributed by atoms with Crippen LogP contribution >= 0.6 is 0 Å². The quantitative estimate of drug-likeness (QED) is 0.712. The van der Waals surface area contributed by atoms with Crippen LogP contribution in [-0.2, 0) is 10.0 Å². The zero-order chi connectivity index (χ0) is 10.8. The maximum Gasteiger partial charge on any atom is 0.215 e. The third-order valence-electron chi connectivity index (χ3n) is 3.21. The van der Waals surface area contributed by atoms with E-state index in [4.69, 9.17) is 5.73 Å². The first kappa shape index (κ1) is 11.9. The van der Waals surface area contributed by atoms with Crippen molar-refractivity contribution in [1.82, 2.24) is 4.72 Å². The summed E-state index contributed by atoms with van der Waals surface area (Å²) >= 11 is 0. The van der Waals surface area contributed by atoms with Crippen LogP contribution in [0.2, 0.25) is 0 Å². The molecule has 84 valence electrons. The smallest absolute Gasteiger partial charge is 0.215 e. The molecule has 0 heterocycles. The molecule has 1 aliphatic carbocycles. The minimum absolute atomic E-state index is 0.164. The maximum atomic E-state index is 11.7. The maximum absolute atomic E-state index is 11.7. The number of rotatable bonds is 5. The average Bonchev–Trinajstić information content (AvgIpc) is 2.10. The van der Waals surface area contributed by atoms with Crippen LogP contribution in [0.1, 0.15) is 39.5 Å². The predicted octanol–water partition coefficient (Wildman–Crippen LogP) is 0.586. The van der Waals surface area contributed by atoms with Crippen LogP contribution in [0.25, 0.3) is 0 Å². The van der Waals surface area contributed by atoms with Crippen molar-refractivity contribution in [3.63, 3.8) is 0 Å². The molecule has 3 N–H and O–H groups in total. The van der Waals surface area contributed by atoms with Gasteiger partial charge in [0.05, 0.1) is 5.25 Å². The number of sulfonamides is 1. The van der Waals surface area contributed by atoms with E-state index in [1.165, 1.54) is 0 Å². The summed E-state index contributed by atoms with van der Waals surface area (Å²) in [5, 5.41) is -0.494. The number of nitrogens with one attached hydrogen (secondary N) is 1. The van der Waals surface area contributed by atoms with Crippen LogP contribution in [0.4, 0.5) is 0 Å². The monoisotopic (exact) mass is 220 g/mol. The third-order valence-corrected chi connectivity index (χ3v) is 5.18. The van der Waals surface area contributed by atoms with Crippen LogP contribution < -0.4 is 10.5 Å². The Morgan fingerprint density at radius 3 is 2.36 bits per heavy atom. The first-order valence-electron chi connectivity index (χ1n) is 5.18. The molecule has 0 aliphatic heterocycles. The minimum atomic E-state index is -3.22. The Morgan fingerprint density at radius 1 is 1.50 bits per heavy atom. The fraction of sp³-hybridized carbons (Fsp3) is 1.00. The lowest BCUT2D eigenvalue weighted by atomic mass is 9.76. The lowest BCUT2D eigenvalue weighted by Gasteiger charge is -2.42. The molecule has 1 aliphatic rings. The minimum Gasteiger partial charge on any atom is -0.329 e. The van der Waals surface area contributed by atoms with E-state index in [0.29, 0.717) is 0 Å². The SMILES string of the molecule is CCC1(NS(=O)(=O)C(C)CN)CCC1. The van der Waals surface area contributed by atoms with Crippen molar-refractivity contribution in [2.24, 2.45) is 5.73 Å². The van der Waals surface area contributed by atoms with E-state index in [2.05, 4.69) is 4.72 Å². The third kappa shape index (κ3) is 2.27. The molecular formula is C9H20N2O2S. The molecular weight excluding hydrogens is 200 g/mol. The van der Waals surface area contributed by atoms with Crippen molar-refractivity contribution < 1.29 is 8.42 Å². The van der Waals surface area contributed by atoms with Gasteiger partial charge in [-0.25, -0.2) is 13.1 Å². The fourth-order valence-electron chi connectivity index (χ4n) is 1.66. The predicted molar refractivity (Wildman–Crippen MR) is 57.4 cm³/mol. The fourth-order valence-corrected chi connectivity index (χ4v) is 3.07. The van der Waals surface area contributed by atoms with Crippen molar-refractivity contribution in [3.8, 4) is 0 Å². The molecule has 0 aromatic carbocycles. The zero-order valence-electron chi connectivity index (χ0n) is 8.91. The average molecular weight is 220 g/mol. The molecule has 1 atom stereocenters. The molecule has 0 aromatic heterocycles. The Kier molecular flexibility index (Phi) is 3.55. The highest BCUT2D eigenvalue weighted by molar-refractivity contribution is 7.90. The van der Waals surface area contributed by atoms with Crippen LogP contribution in [-0.4, -0.2) is 25.8 Å². The van der Waals surface area contributed by atoms with Gasteiger partial charge in [0.1, 0.15) is 0 Å². The molecule has 5 heteroatoms. The van der Waals surface area contributed by atoms with Crippen molar-refractivity contribution in [2.45, 2.75) is 50.3 Å². The van der Waals surface area contributed by atoms with Crippen LogP contribution in [0.5, 0.6) is 0 Å². The van der Waals surface area contributed by atoms with Gasteiger partial charge in [-0.15, -0.1) is 0 Å². The lowest BCUT2D eigenvalue weighted by molar-refractivity contribution is 0.213. The number of nitrogens with two attached hydrogens (primary N) is 1. The van der Waals surface area contributed by atoms with Crippen LogP contribution in [0.3, 0.4) is 0 Å². The van der Waals surface area contributed by atoms with E-state index < -0.39 is 15.3 Å². The van der Waals surface area contributed by atoms with Crippen molar-refractivity contribution in [1.29, 1.82) is 0 Å². The van der Waals surface area contributed by atoms with E-state index in [0.717, 1.165) is 25.7 Å². The van der Waals surface area contributed by atoms with Crippen molar-refractivity contribution in [2.75, 3.05) is 6.54 Å². The molecule has 14 heavy (non-hydrogen) atoms. The van der Waals surface area contributed by atoms with E-state index in [1.54, 1.807) is 6.92 Å². The topological polar surface area (TPSA) is 72.2 Å². The van der Waals surface area contributed by atoms with E-state index in [9.17, 15) is 8.42 Å². The first-order chi connectivity index (χ1) is 6.46. The largest absolute Gasteiger partial charge is 0.329 e. The normalized spacial score (nSPS) is 22.8. The van der Waals surface area contributed by atoms with Gasteiger partial charge in [0.25, 0.3) is 0 Å². The Hall–Kier alpha value is -0.130. The van der Waals surface area contributed by atoms with Gasteiger partial charge < -0.3 is 5.73 Å². The molecule has 1 rings (SSSR count). The number of hydrogen-bond donors (Lipinski definition) is 2. The van der Waals surface area contributed by atoms with Gasteiger partial charge in [0, 0.05) is 12.1 Å². The van der Waals surface area contributed by atoms with Gasteiger partial charge in [0.15, 0.2) is 0 Å². The van der Waals surface area contributed by atoms with Gasteiger partial charge in [-0.1, -0.05) is 6.92 Å². The van der Waals surface area contributed by atoms with Gasteiger partial charge >= 0.3 is 0 Å². The Bertz CT molecular complexity index is 278. The Morgan fingerprint density at radius 2 is 2.07 bits per heavy atom. The Balaban J connectivity index is 2.67. The van der Waals surface area contributed by atoms with E-state index in [1.807, 2.05) is 6.92 Å². The molecule has 0 aromatic rings. The lowest BCUT2D eigenvalue weighted by Crippen LogP contribution is -2.55. The Labute approximate surface area is 86.3 Å². The molecule has 1 saturated carbocycles. The van der Waals surface area contributed by atoms with Crippen molar-refractivity contribution in [3.05, 3.63) is 0 Å². The molecule has 0 spiro atoms. The highest BCUT2D eigenvalue weighted by atomic mass is 32.2. The second-order valence-electron chi connectivity index (χ2n) is 4.18. The van der Waals surface area contributed by atoms with Gasteiger partial charge in [-0.2, -0.15) is 0 Å². The van der Waals surface area contributed by atoms with Gasteiger partial charge in [-0.05, 0) is 32.6 Å². The summed E-state index contributed by atoms with van der Waals surface area (Å²) in [6, 6.07) is 0. The summed E-state index contributed by atoms with van der Waals surface area (Å²) in [6.07, 6.45) is 3.90. The molecule has 0 bridgehead atoms. The summed E-state index contributed by atoms with van der Waals surface area (Å²) < 4.78 is 26.3. The summed E-state index contributed by atoms with van der Waals surface area (Å²) in [5.74, 6) is 0. The van der Waals surface area contributed by atoms with Crippen molar-refractivity contribution >= 4 is 10.0 Å². The van der Waals surface area contributed by atoms with Crippen LogP contribution in [0, 0.1) is 0 Å². The highest BCUT2D eigenvalue weighted by Crippen LogP contribution is 2.35. The molecule has 0 saturated heterocycles. The molecule has 4 nitrogen and oxygen atoms in total.